The fourth-order valence-electron chi connectivity index (χ4n) is 2.97. The van der Waals surface area contributed by atoms with Gasteiger partial charge in [-0.1, -0.05) is 0 Å². The van der Waals surface area contributed by atoms with Crippen LogP contribution in [0.2, 0.25) is 0 Å². The molecule has 0 aliphatic carbocycles. The van der Waals surface area contributed by atoms with Gasteiger partial charge in [0.25, 0.3) is 0 Å². The van der Waals surface area contributed by atoms with E-state index in [0.29, 0.717) is 26.1 Å². The summed E-state index contributed by atoms with van der Waals surface area (Å²) < 4.78 is 0. The highest BCUT2D eigenvalue weighted by Crippen LogP contribution is 2.21. The van der Waals surface area contributed by atoms with Gasteiger partial charge in [0.1, 0.15) is 16.5 Å². The van der Waals surface area contributed by atoms with E-state index in [1.54, 1.807) is 18.6 Å². The van der Waals surface area contributed by atoms with E-state index in [9.17, 15) is 4.79 Å². The number of nitrogens with one attached hydrogen (secondary N) is 2. The molecule has 4 heterocycles. The number of rotatable bonds is 4. The zero-order chi connectivity index (χ0) is 17.9. The first-order valence-corrected chi connectivity index (χ1v) is 9.35. The van der Waals surface area contributed by atoms with Crippen molar-refractivity contribution in [2.45, 2.75) is 26.3 Å². The second-order valence-electron chi connectivity index (χ2n) is 6.14. The number of carbonyl (C=O) groups excluding carboxylic acids is 1. The molecule has 3 aromatic rings. The van der Waals surface area contributed by atoms with Gasteiger partial charge in [0.2, 0.25) is 0 Å². The fraction of sp³-hybridized carbons (Fsp3) is 0.353. The number of amides is 2. The minimum atomic E-state index is -0.0488. The van der Waals surface area contributed by atoms with Gasteiger partial charge < -0.3 is 15.2 Å². The quantitative estimate of drug-likeness (QED) is 0.732. The van der Waals surface area contributed by atoms with Gasteiger partial charge in [-0.05, 0) is 6.92 Å². The molecule has 1 aliphatic rings. The lowest BCUT2D eigenvalue weighted by Gasteiger charge is -2.26. The van der Waals surface area contributed by atoms with Crippen LogP contribution in [-0.2, 0) is 19.4 Å². The molecule has 2 N–H and O–H groups in total. The predicted molar refractivity (Wildman–Crippen MR) is 97.7 cm³/mol. The van der Waals surface area contributed by atoms with Gasteiger partial charge in [0, 0.05) is 43.7 Å². The Hall–Kier alpha value is -2.81. The van der Waals surface area contributed by atoms with Gasteiger partial charge in [-0.2, -0.15) is 0 Å². The average molecular weight is 369 g/mol. The van der Waals surface area contributed by atoms with Gasteiger partial charge in [0.05, 0.1) is 29.8 Å². The maximum atomic E-state index is 12.4. The summed E-state index contributed by atoms with van der Waals surface area (Å²) in [5.74, 6) is 0.903. The second-order valence-corrected chi connectivity index (χ2v) is 6.99. The molecule has 0 atom stereocenters. The Kier molecular flexibility index (Phi) is 4.61. The first kappa shape index (κ1) is 16.6. The Labute approximate surface area is 154 Å². The molecule has 26 heavy (non-hydrogen) atoms. The third-order valence-electron chi connectivity index (χ3n) is 4.23. The third kappa shape index (κ3) is 3.57. The molecule has 0 saturated carbocycles. The van der Waals surface area contributed by atoms with E-state index < -0.39 is 0 Å². The number of aromatic amines is 1. The second kappa shape index (κ2) is 7.20. The number of imidazole rings is 1. The molecule has 8 nitrogen and oxygen atoms in total. The van der Waals surface area contributed by atoms with E-state index in [-0.39, 0.29) is 6.03 Å². The summed E-state index contributed by atoms with van der Waals surface area (Å²) >= 11 is 1.54. The van der Waals surface area contributed by atoms with E-state index in [2.05, 4.69) is 30.2 Å². The molecular weight excluding hydrogens is 350 g/mol. The highest BCUT2D eigenvalue weighted by molar-refractivity contribution is 7.13. The van der Waals surface area contributed by atoms with Gasteiger partial charge in [0.15, 0.2) is 0 Å². The zero-order valence-electron chi connectivity index (χ0n) is 14.4. The molecule has 9 heteroatoms. The van der Waals surface area contributed by atoms with Crippen LogP contribution in [0.3, 0.4) is 0 Å². The molecule has 134 valence electrons. The summed E-state index contributed by atoms with van der Waals surface area (Å²) in [5.41, 5.74) is 3.83. The van der Waals surface area contributed by atoms with Crippen molar-refractivity contribution in [2.24, 2.45) is 0 Å². The van der Waals surface area contributed by atoms with E-state index in [1.807, 2.05) is 17.2 Å². The van der Waals surface area contributed by atoms with E-state index in [0.717, 1.165) is 40.0 Å². The largest absolute Gasteiger partial charge is 0.344 e. The average Bonchev–Trinajstić information content (AvgIpc) is 3.27. The number of aryl methyl sites for hydroxylation is 1. The number of carbonyl (C=O) groups is 1. The lowest BCUT2D eigenvalue weighted by atomic mass is 10.1. The van der Waals surface area contributed by atoms with E-state index in [4.69, 9.17) is 0 Å². The fourth-order valence-corrected chi connectivity index (χ4v) is 3.78. The monoisotopic (exact) mass is 369 g/mol. The third-order valence-corrected chi connectivity index (χ3v) is 5.14. The standard InChI is InChI=1S/C17H19N7OS/c1-11-21-13-3-7-24(9-15(13)22-11)17(25)20-4-2-12-10-26-16(23-12)14-8-18-5-6-19-14/h5-6,8,10H,2-4,7,9H2,1H3,(H,20,25)(H,21,22). The summed E-state index contributed by atoms with van der Waals surface area (Å²) in [5, 5.41) is 5.82. The van der Waals surface area contributed by atoms with E-state index in [1.165, 1.54) is 11.3 Å². The topological polar surface area (TPSA) is 99.7 Å². The van der Waals surface area contributed by atoms with Crippen molar-refractivity contribution in [3.8, 4) is 10.7 Å². The highest BCUT2D eigenvalue weighted by atomic mass is 32.1. The Bertz CT molecular complexity index is 905. The first-order chi connectivity index (χ1) is 12.7. The number of fused-ring (bicyclic) bond motifs is 1. The van der Waals surface area contributed by atoms with Crippen LogP contribution in [0.4, 0.5) is 4.79 Å². The molecule has 4 rings (SSSR count). The summed E-state index contributed by atoms with van der Waals surface area (Å²) in [6, 6.07) is -0.0488. The first-order valence-electron chi connectivity index (χ1n) is 8.47. The van der Waals surface area contributed by atoms with Gasteiger partial charge >= 0.3 is 6.03 Å². The number of aromatic nitrogens is 5. The number of urea groups is 1. The number of nitrogens with zero attached hydrogens (tertiary/aromatic N) is 5. The van der Waals surface area contributed by atoms with Crippen LogP contribution < -0.4 is 5.32 Å². The van der Waals surface area contributed by atoms with Crippen molar-refractivity contribution in [1.82, 2.24) is 35.1 Å². The Morgan fingerprint density at radius 2 is 2.31 bits per heavy atom. The number of hydrogen-bond acceptors (Lipinski definition) is 6. The van der Waals surface area contributed by atoms with Gasteiger partial charge in [-0.3, -0.25) is 9.97 Å². The van der Waals surface area contributed by atoms with Gasteiger partial charge in [-0.15, -0.1) is 11.3 Å². The van der Waals surface area contributed by atoms with Crippen LogP contribution in [0.5, 0.6) is 0 Å². The molecule has 0 spiro atoms. The van der Waals surface area contributed by atoms with Crippen molar-refractivity contribution in [1.29, 1.82) is 0 Å². The molecule has 0 unspecified atom stereocenters. The molecule has 0 aromatic carbocycles. The van der Waals surface area contributed by atoms with Crippen molar-refractivity contribution in [2.75, 3.05) is 13.1 Å². The molecule has 0 saturated heterocycles. The minimum absolute atomic E-state index is 0.0488. The van der Waals surface area contributed by atoms with Crippen LogP contribution in [-0.4, -0.2) is 48.9 Å². The van der Waals surface area contributed by atoms with Crippen LogP contribution in [0, 0.1) is 6.92 Å². The normalized spacial score (nSPS) is 13.5. The van der Waals surface area contributed by atoms with Crippen molar-refractivity contribution >= 4 is 17.4 Å². The summed E-state index contributed by atoms with van der Waals surface area (Å²) in [4.78, 5) is 34.7. The molecule has 2 amide bonds. The van der Waals surface area contributed by atoms with Crippen molar-refractivity contribution < 1.29 is 4.79 Å². The molecule has 0 radical (unpaired) electrons. The zero-order valence-corrected chi connectivity index (χ0v) is 15.2. The van der Waals surface area contributed by atoms with Crippen LogP contribution in [0.1, 0.15) is 22.9 Å². The van der Waals surface area contributed by atoms with Gasteiger partial charge in [-0.25, -0.2) is 14.8 Å². The highest BCUT2D eigenvalue weighted by Gasteiger charge is 2.22. The predicted octanol–water partition coefficient (Wildman–Crippen LogP) is 1.94. The maximum Gasteiger partial charge on any atom is 0.317 e. The summed E-state index contributed by atoms with van der Waals surface area (Å²) in [6.07, 6.45) is 6.47. The molecule has 0 fully saturated rings. The van der Waals surface area contributed by atoms with Crippen molar-refractivity contribution in [3.63, 3.8) is 0 Å². The van der Waals surface area contributed by atoms with Crippen molar-refractivity contribution in [3.05, 3.63) is 46.9 Å². The lowest BCUT2D eigenvalue weighted by molar-refractivity contribution is 0.191. The van der Waals surface area contributed by atoms with Crippen LogP contribution in [0.25, 0.3) is 10.7 Å². The minimum Gasteiger partial charge on any atom is -0.344 e. The summed E-state index contributed by atoms with van der Waals surface area (Å²) in [6.45, 7) is 3.76. The Morgan fingerprint density at radius 3 is 3.15 bits per heavy atom. The number of hydrogen-bond donors (Lipinski definition) is 2. The molecule has 1 aliphatic heterocycles. The number of thiazole rings is 1. The van der Waals surface area contributed by atoms with Crippen LogP contribution >= 0.6 is 11.3 Å². The molecule has 3 aromatic heterocycles. The smallest absolute Gasteiger partial charge is 0.317 e. The SMILES string of the molecule is Cc1nc2c([nH]1)CN(C(=O)NCCc1csc(-c3cnccn3)n1)CC2. The van der Waals surface area contributed by atoms with E-state index >= 15 is 0 Å². The Morgan fingerprint density at radius 1 is 1.38 bits per heavy atom. The maximum absolute atomic E-state index is 12.4. The van der Waals surface area contributed by atoms with Crippen LogP contribution in [0.15, 0.2) is 24.0 Å². The Balaban J connectivity index is 1.29. The molecular formula is C17H19N7OS. The number of H-pyrrole nitrogens is 1. The lowest BCUT2D eigenvalue weighted by Crippen LogP contribution is -2.43. The molecule has 0 bridgehead atoms. The summed E-state index contributed by atoms with van der Waals surface area (Å²) in [7, 11) is 0.